The average molecular weight is 410 g/mol. The third-order valence-corrected chi connectivity index (χ3v) is 5.38. The smallest absolute Gasteiger partial charge is 0.223 e. The van der Waals surface area contributed by atoms with Crippen molar-refractivity contribution in [1.82, 2.24) is 9.97 Å². The fourth-order valence-corrected chi connectivity index (χ4v) is 3.91. The van der Waals surface area contributed by atoms with Crippen LogP contribution in [0.4, 0.5) is 11.8 Å². The number of nitrogens with zero attached hydrogens (tertiary/aromatic N) is 3. The maximum atomic E-state index is 10.3. The summed E-state index contributed by atoms with van der Waals surface area (Å²) >= 11 is 6.35. The molecule has 3 rings (SSSR count). The van der Waals surface area contributed by atoms with Gasteiger partial charge in [0.05, 0.1) is 17.7 Å². The molecule has 1 saturated carbocycles. The number of rotatable bonds is 5. The van der Waals surface area contributed by atoms with Crippen LogP contribution in [0.1, 0.15) is 31.4 Å². The molecule has 6 N–H and O–H groups in total. The van der Waals surface area contributed by atoms with Crippen LogP contribution in [0.3, 0.4) is 0 Å². The van der Waals surface area contributed by atoms with Gasteiger partial charge in [0.15, 0.2) is 0 Å². The number of anilines is 2. The quantitative estimate of drug-likeness (QED) is 0.455. The summed E-state index contributed by atoms with van der Waals surface area (Å²) in [4.78, 5) is 12.4. The SMILES string of the molecule is C=CN=C1OC(c2c(Cl)nc(N)nc2NC2CC(CO)C(O)C2O)C/C1=C/C. The molecule has 5 atom stereocenters. The predicted molar refractivity (Wildman–Crippen MR) is 106 cm³/mol. The fraction of sp³-hybridized carbons (Fsp3) is 0.500. The number of hydrogen-bond acceptors (Lipinski definition) is 9. The summed E-state index contributed by atoms with van der Waals surface area (Å²) in [6.45, 7) is 5.24. The van der Waals surface area contributed by atoms with Crippen LogP contribution in [0.5, 0.6) is 0 Å². The average Bonchev–Trinajstić information content (AvgIpc) is 3.17. The van der Waals surface area contributed by atoms with Crippen LogP contribution in [0, 0.1) is 5.92 Å². The maximum Gasteiger partial charge on any atom is 0.223 e. The van der Waals surface area contributed by atoms with Crippen molar-refractivity contribution in [3.8, 4) is 0 Å². The van der Waals surface area contributed by atoms with E-state index in [1.54, 1.807) is 0 Å². The molecule has 1 aliphatic carbocycles. The van der Waals surface area contributed by atoms with Crippen molar-refractivity contribution in [2.24, 2.45) is 10.9 Å². The number of aliphatic hydroxyl groups is 3. The second-order valence-corrected chi connectivity index (χ2v) is 7.14. The van der Waals surface area contributed by atoms with Crippen molar-refractivity contribution >= 4 is 29.3 Å². The molecule has 28 heavy (non-hydrogen) atoms. The molecule has 1 aromatic heterocycles. The molecule has 10 heteroatoms. The van der Waals surface area contributed by atoms with Gasteiger partial charge in [0, 0.05) is 30.7 Å². The standard InChI is InChI=1S/C18H24ClN5O4/c1-3-8-6-11(28-17(8)21-4-2)12-15(19)23-18(20)24-16(12)22-10-5-9(7-25)13(26)14(10)27/h3-4,9-11,13-14,25-27H,2,5-7H2,1H3,(H3,20,22,23,24)/b8-3-,21-17?. The van der Waals surface area contributed by atoms with Gasteiger partial charge in [0.25, 0.3) is 0 Å². The lowest BCUT2D eigenvalue weighted by molar-refractivity contribution is 0.00444. The van der Waals surface area contributed by atoms with Gasteiger partial charge < -0.3 is 31.1 Å². The Morgan fingerprint density at radius 2 is 2.14 bits per heavy atom. The lowest BCUT2D eigenvalue weighted by Gasteiger charge is -2.22. The van der Waals surface area contributed by atoms with Crippen LogP contribution in [0.25, 0.3) is 0 Å². The minimum Gasteiger partial charge on any atom is -0.469 e. The molecule has 0 bridgehead atoms. The number of aromatic nitrogens is 2. The Bertz CT molecular complexity index is 815. The largest absolute Gasteiger partial charge is 0.469 e. The molecular weight excluding hydrogens is 386 g/mol. The zero-order valence-electron chi connectivity index (χ0n) is 15.4. The summed E-state index contributed by atoms with van der Waals surface area (Å²) in [5, 5.41) is 33.0. The number of nitrogen functional groups attached to an aromatic ring is 1. The number of halogens is 1. The highest BCUT2D eigenvalue weighted by atomic mass is 35.5. The van der Waals surface area contributed by atoms with Crippen molar-refractivity contribution < 1.29 is 20.1 Å². The molecule has 0 spiro atoms. The first-order valence-corrected chi connectivity index (χ1v) is 9.34. The van der Waals surface area contributed by atoms with E-state index >= 15 is 0 Å². The number of aliphatic imine (C=N–C) groups is 1. The number of hydrogen-bond donors (Lipinski definition) is 5. The Morgan fingerprint density at radius 3 is 2.75 bits per heavy atom. The summed E-state index contributed by atoms with van der Waals surface area (Å²) < 4.78 is 5.92. The minimum absolute atomic E-state index is 0.0350. The number of allylic oxidation sites excluding steroid dienone is 1. The van der Waals surface area contributed by atoms with E-state index in [0.717, 1.165) is 5.57 Å². The summed E-state index contributed by atoms with van der Waals surface area (Å²) in [6.07, 6.45) is 1.53. The Balaban J connectivity index is 1.93. The summed E-state index contributed by atoms with van der Waals surface area (Å²) in [5.74, 6) is 0.284. The van der Waals surface area contributed by atoms with Crippen molar-refractivity contribution in [1.29, 1.82) is 0 Å². The van der Waals surface area contributed by atoms with Crippen LogP contribution in [0.2, 0.25) is 5.15 Å². The van der Waals surface area contributed by atoms with Crippen molar-refractivity contribution in [2.45, 2.75) is 44.1 Å². The highest BCUT2D eigenvalue weighted by molar-refractivity contribution is 6.30. The maximum absolute atomic E-state index is 10.3. The molecule has 1 saturated heterocycles. The molecule has 2 heterocycles. The Kier molecular flexibility index (Phi) is 6.19. The molecule has 5 unspecified atom stereocenters. The number of nitrogens with two attached hydrogens (primary N) is 1. The van der Waals surface area contributed by atoms with Gasteiger partial charge in [-0.2, -0.15) is 4.98 Å². The van der Waals surface area contributed by atoms with Crippen LogP contribution in [-0.4, -0.2) is 56.0 Å². The first kappa shape index (κ1) is 20.5. The van der Waals surface area contributed by atoms with Gasteiger partial charge in [0.2, 0.25) is 11.8 Å². The number of aliphatic hydroxyl groups excluding tert-OH is 3. The van der Waals surface area contributed by atoms with Crippen LogP contribution >= 0.6 is 11.6 Å². The van der Waals surface area contributed by atoms with E-state index in [4.69, 9.17) is 22.1 Å². The first-order chi connectivity index (χ1) is 13.4. The first-order valence-electron chi connectivity index (χ1n) is 8.96. The summed E-state index contributed by atoms with van der Waals surface area (Å²) in [5.41, 5.74) is 7.13. The van der Waals surface area contributed by atoms with Crippen molar-refractivity contribution in [3.63, 3.8) is 0 Å². The summed E-state index contributed by atoms with van der Waals surface area (Å²) in [6, 6.07) is -0.542. The molecule has 2 aliphatic rings. The van der Waals surface area contributed by atoms with Gasteiger partial charge in [-0.25, -0.2) is 9.98 Å². The van der Waals surface area contributed by atoms with E-state index in [1.807, 2.05) is 13.0 Å². The zero-order chi connectivity index (χ0) is 20.4. The second kappa shape index (κ2) is 8.44. The van der Waals surface area contributed by atoms with Crippen LogP contribution in [-0.2, 0) is 4.74 Å². The van der Waals surface area contributed by atoms with Gasteiger partial charge >= 0.3 is 0 Å². The molecule has 0 aromatic carbocycles. The predicted octanol–water partition coefficient (Wildman–Crippen LogP) is 1.18. The Hall–Kier alpha value is -2.20. The van der Waals surface area contributed by atoms with Gasteiger partial charge in [-0.3, -0.25) is 0 Å². The highest BCUT2D eigenvalue weighted by Crippen LogP contribution is 2.41. The fourth-order valence-electron chi connectivity index (χ4n) is 3.62. The van der Waals surface area contributed by atoms with Gasteiger partial charge in [-0.05, 0) is 13.3 Å². The molecule has 0 radical (unpaired) electrons. The molecule has 1 aliphatic heterocycles. The monoisotopic (exact) mass is 409 g/mol. The van der Waals surface area contributed by atoms with Crippen LogP contribution in [0.15, 0.2) is 29.4 Å². The van der Waals surface area contributed by atoms with E-state index in [1.165, 1.54) is 6.20 Å². The molecule has 9 nitrogen and oxygen atoms in total. The lowest BCUT2D eigenvalue weighted by Crippen LogP contribution is -2.36. The third kappa shape index (κ3) is 3.83. The van der Waals surface area contributed by atoms with E-state index in [2.05, 4.69) is 26.9 Å². The van der Waals surface area contributed by atoms with Crippen molar-refractivity contribution in [3.05, 3.63) is 35.1 Å². The topological polar surface area (TPSA) is 146 Å². The number of ether oxygens (including phenoxy) is 1. The normalized spacial score (nSPS) is 32.7. The molecule has 152 valence electrons. The Morgan fingerprint density at radius 1 is 1.39 bits per heavy atom. The van der Waals surface area contributed by atoms with Crippen molar-refractivity contribution in [2.75, 3.05) is 17.7 Å². The molecule has 2 fully saturated rings. The third-order valence-electron chi connectivity index (χ3n) is 5.09. The summed E-state index contributed by atoms with van der Waals surface area (Å²) in [7, 11) is 0. The van der Waals surface area contributed by atoms with Gasteiger partial charge in [-0.15, -0.1) is 0 Å². The van der Waals surface area contributed by atoms with E-state index in [9.17, 15) is 15.3 Å². The van der Waals surface area contributed by atoms with Gasteiger partial charge in [0.1, 0.15) is 23.2 Å². The van der Waals surface area contributed by atoms with Gasteiger partial charge in [-0.1, -0.05) is 24.3 Å². The number of nitrogens with one attached hydrogen (secondary N) is 1. The minimum atomic E-state index is -1.08. The molecule has 0 amide bonds. The molecular formula is C18H24ClN5O4. The van der Waals surface area contributed by atoms with Crippen LogP contribution < -0.4 is 11.1 Å². The van der Waals surface area contributed by atoms with E-state index in [-0.39, 0.29) is 17.7 Å². The van der Waals surface area contributed by atoms with E-state index < -0.39 is 30.3 Å². The highest BCUT2D eigenvalue weighted by Gasteiger charge is 2.42. The lowest BCUT2D eigenvalue weighted by atomic mass is 10.0. The molecule has 1 aromatic rings. The second-order valence-electron chi connectivity index (χ2n) is 6.79. The van der Waals surface area contributed by atoms with E-state index in [0.29, 0.717) is 30.1 Å². The zero-order valence-corrected chi connectivity index (χ0v) is 16.2. The Labute approximate surface area is 167 Å².